The van der Waals surface area contributed by atoms with Gasteiger partial charge in [-0.05, 0) is 18.6 Å². The minimum absolute atomic E-state index is 0.0737. The number of pyridine rings is 1. The molecule has 0 fully saturated rings. The number of rotatable bonds is 6. The van der Waals surface area contributed by atoms with E-state index < -0.39 is 0 Å². The van der Waals surface area contributed by atoms with Crippen LogP contribution in [0.5, 0.6) is 5.75 Å². The number of benzene rings is 1. The van der Waals surface area contributed by atoms with E-state index in [9.17, 15) is 4.79 Å². The van der Waals surface area contributed by atoms with Crippen molar-refractivity contribution in [2.45, 2.75) is 13.5 Å². The fourth-order valence-electron chi connectivity index (χ4n) is 1.88. The third kappa shape index (κ3) is 4.49. The molecule has 1 heterocycles. The summed E-state index contributed by atoms with van der Waals surface area (Å²) in [7, 11) is 1.58. The molecule has 110 valence electrons. The maximum Gasteiger partial charge on any atom is 0.239 e. The number of amides is 1. The molecule has 5 heteroatoms. The average Bonchev–Trinajstić information content (AvgIpc) is 2.52. The number of hydrogen-bond donors (Lipinski definition) is 2. The van der Waals surface area contributed by atoms with Crippen molar-refractivity contribution in [3.63, 3.8) is 0 Å². The summed E-state index contributed by atoms with van der Waals surface area (Å²) in [6.07, 6.45) is 1.64. The van der Waals surface area contributed by atoms with Crippen LogP contribution in [0.1, 0.15) is 11.3 Å². The van der Waals surface area contributed by atoms with Gasteiger partial charge in [0.25, 0.3) is 0 Å². The van der Waals surface area contributed by atoms with Gasteiger partial charge in [-0.2, -0.15) is 0 Å². The van der Waals surface area contributed by atoms with Crippen molar-refractivity contribution >= 4 is 11.6 Å². The van der Waals surface area contributed by atoms with Crippen LogP contribution in [0.25, 0.3) is 0 Å². The molecular formula is C16H19N3O2. The maximum absolute atomic E-state index is 11.8. The van der Waals surface area contributed by atoms with Gasteiger partial charge in [-0.25, -0.2) is 0 Å². The van der Waals surface area contributed by atoms with Crippen LogP contribution < -0.4 is 15.4 Å². The molecule has 21 heavy (non-hydrogen) atoms. The van der Waals surface area contributed by atoms with Crippen LogP contribution >= 0.6 is 0 Å². The smallest absolute Gasteiger partial charge is 0.239 e. The molecule has 5 nitrogen and oxygen atoms in total. The molecule has 0 atom stereocenters. The van der Waals surface area contributed by atoms with Gasteiger partial charge in [0.15, 0.2) is 5.75 Å². The predicted octanol–water partition coefficient (Wildman–Crippen LogP) is 2.13. The highest BCUT2D eigenvalue weighted by molar-refractivity contribution is 5.81. The van der Waals surface area contributed by atoms with Gasteiger partial charge in [0.05, 0.1) is 25.5 Å². The summed E-state index contributed by atoms with van der Waals surface area (Å²) in [5.74, 6) is 0.548. The second kappa shape index (κ2) is 7.28. The number of carbonyl (C=O) groups excluding carboxylic acids is 1. The predicted molar refractivity (Wildman–Crippen MR) is 82.3 cm³/mol. The second-order valence-electron chi connectivity index (χ2n) is 4.64. The Balaban J connectivity index is 1.85. The second-order valence-corrected chi connectivity index (χ2v) is 4.64. The lowest BCUT2D eigenvalue weighted by Gasteiger charge is -2.11. The van der Waals surface area contributed by atoms with E-state index >= 15 is 0 Å². The van der Waals surface area contributed by atoms with Crippen molar-refractivity contribution in [1.82, 2.24) is 10.3 Å². The first-order chi connectivity index (χ1) is 10.2. The molecule has 0 bridgehead atoms. The van der Waals surface area contributed by atoms with Crippen molar-refractivity contribution in [1.29, 1.82) is 0 Å². The number of anilines is 1. The Hall–Kier alpha value is -2.56. The Morgan fingerprint density at radius 1 is 1.29 bits per heavy atom. The number of methoxy groups -OCH3 is 1. The summed E-state index contributed by atoms with van der Waals surface area (Å²) < 4.78 is 5.21. The van der Waals surface area contributed by atoms with Crippen molar-refractivity contribution < 1.29 is 9.53 Å². The van der Waals surface area contributed by atoms with E-state index in [-0.39, 0.29) is 12.5 Å². The van der Waals surface area contributed by atoms with E-state index in [1.54, 1.807) is 13.3 Å². The van der Waals surface area contributed by atoms with Crippen LogP contribution in [-0.2, 0) is 11.3 Å². The lowest BCUT2D eigenvalue weighted by atomic mass is 10.2. The van der Waals surface area contributed by atoms with Gasteiger partial charge in [0, 0.05) is 12.2 Å². The van der Waals surface area contributed by atoms with Crippen LogP contribution in [0.2, 0.25) is 0 Å². The van der Waals surface area contributed by atoms with Crippen molar-refractivity contribution in [2.75, 3.05) is 19.0 Å². The molecule has 0 saturated carbocycles. The standard InChI is InChI=1S/C16H19N3O2/c1-12-8-14(15(21-2)10-17-12)18-11-16(20)19-9-13-6-4-3-5-7-13/h3-8,10H,9,11H2,1-2H3,(H,17,18)(H,19,20). The van der Waals surface area contributed by atoms with E-state index in [1.165, 1.54) is 0 Å². The highest BCUT2D eigenvalue weighted by Crippen LogP contribution is 2.22. The minimum Gasteiger partial charge on any atom is -0.493 e. The van der Waals surface area contributed by atoms with Crippen LogP contribution in [0.4, 0.5) is 5.69 Å². The molecule has 0 aliphatic rings. The van der Waals surface area contributed by atoms with E-state index in [4.69, 9.17) is 4.74 Å². The zero-order chi connectivity index (χ0) is 15.1. The number of aryl methyl sites for hydroxylation is 1. The number of hydrogen-bond acceptors (Lipinski definition) is 4. The van der Waals surface area contributed by atoms with E-state index in [2.05, 4.69) is 15.6 Å². The van der Waals surface area contributed by atoms with Gasteiger partial charge in [-0.3, -0.25) is 9.78 Å². The molecule has 0 radical (unpaired) electrons. The molecule has 1 aromatic heterocycles. The van der Waals surface area contributed by atoms with Gasteiger partial charge >= 0.3 is 0 Å². The summed E-state index contributed by atoms with van der Waals surface area (Å²) in [6, 6.07) is 11.6. The molecule has 2 aromatic rings. The zero-order valence-electron chi connectivity index (χ0n) is 12.2. The number of nitrogens with zero attached hydrogens (tertiary/aromatic N) is 1. The maximum atomic E-state index is 11.8. The largest absolute Gasteiger partial charge is 0.493 e. The molecule has 0 spiro atoms. The third-order valence-corrected chi connectivity index (χ3v) is 3.00. The summed E-state index contributed by atoms with van der Waals surface area (Å²) in [5, 5.41) is 5.93. The van der Waals surface area contributed by atoms with Crippen LogP contribution in [0, 0.1) is 6.92 Å². The zero-order valence-corrected chi connectivity index (χ0v) is 12.2. The molecule has 0 unspecified atom stereocenters. The lowest BCUT2D eigenvalue weighted by molar-refractivity contribution is -0.119. The van der Waals surface area contributed by atoms with Crippen LogP contribution in [-0.4, -0.2) is 24.5 Å². The summed E-state index contributed by atoms with van der Waals surface area (Å²) >= 11 is 0. The Morgan fingerprint density at radius 2 is 2.05 bits per heavy atom. The monoisotopic (exact) mass is 285 g/mol. The first-order valence-corrected chi connectivity index (χ1v) is 6.74. The molecule has 0 aliphatic carbocycles. The Kier molecular flexibility index (Phi) is 5.15. The first kappa shape index (κ1) is 14.8. The van der Waals surface area contributed by atoms with E-state index in [1.807, 2.05) is 43.3 Å². The molecule has 1 amide bonds. The number of carbonyl (C=O) groups is 1. The van der Waals surface area contributed by atoms with Gasteiger partial charge < -0.3 is 15.4 Å². The van der Waals surface area contributed by atoms with Crippen LogP contribution in [0.3, 0.4) is 0 Å². The highest BCUT2D eigenvalue weighted by atomic mass is 16.5. The number of nitrogens with one attached hydrogen (secondary N) is 2. The Morgan fingerprint density at radius 3 is 2.76 bits per heavy atom. The Bertz CT molecular complexity index is 600. The van der Waals surface area contributed by atoms with Crippen molar-refractivity contribution in [2.24, 2.45) is 0 Å². The van der Waals surface area contributed by atoms with Gasteiger partial charge in [0.2, 0.25) is 5.91 Å². The topological polar surface area (TPSA) is 63.2 Å². The van der Waals surface area contributed by atoms with Gasteiger partial charge in [-0.15, -0.1) is 0 Å². The van der Waals surface area contributed by atoms with E-state index in [0.717, 1.165) is 16.9 Å². The highest BCUT2D eigenvalue weighted by Gasteiger charge is 2.06. The molecule has 1 aromatic carbocycles. The Labute approximate surface area is 124 Å². The van der Waals surface area contributed by atoms with Crippen molar-refractivity contribution in [3.8, 4) is 5.75 Å². The third-order valence-electron chi connectivity index (χ3n) is 3.00. The molecule has 2 rings (SSSR count). The molecular weight excluding hydrogens is 266 g/mol. The van der Waals surface area contributed by atoms with Gasteiger partial charge in [0.1, 0.15) is 0 Å². The minimum atomic E-state index is -0.0737. The molecule has 0 saturated heterocycles. The molecule has 0 aliphatic heterocycles. The summed E-state index contributed by atoms with van der Waals surface area (Å²) in [5.41, 5.74) is 2.70. The van der Waals surface area contributed by atoms with Crippen molar-refractivity contribution in [3.05, 3.63) is 53.9 Å². The normalized spacial score (nSPS) is 10.0. The van der Waals surface area contributed by atoms with Gasteiger partial charge in [-0.1, -0.05) is 30.3 Å². The average molecular weight is 285 g/mol. The molecule has 2 N–H and O–H groups in total. The quantitative estimate of drug-likeness (QED) is 0.853. The number of ether oxygens (including phenoxy) is 1. The van der Waals surface area contributed by atoms with Crippen LogP contribution in [0.15, 0.2) is 42.6 Å². The summed E-state index contributed by atoms with van der Waals surface area (Å²) in [4.78, 5) is 16.0. The lowest BCUT2D eigenvalue weighted by Crippen LogP contribution is -2.29. The number of aromatic nitrogens is 1. The summed E-state index contributed by atoms with van der Waals surface area (Å²) in [6.45, 7) is 2.60. The fourth-order valence-corrected chi connectivity index (χ4v) is 1.88. The first-order valence-electron chi connectivity index (χ1n) is 6.74. The SMILES string of the molecule is COc1cnc(C)cc1NCC(=O)NCc1ccccc1. The van der Waals surface area contributed by atoms with E-state index in [0.29, 0.717) is 12.3 Å². The fraction of sp³-hybridized carbons (Fsp3) is 0.250.